The Kier molecular flexibility index (Phi) is 4.99. The third-order valence-corrected chi connectivity index (χ3v) is 3.92. The van der Waals surface area contributed by atoms with Gasteiger partial charge in [0.05, 0.1) is 5.92 Å². The number of likely N-dealkylation sites (tertiary alicyclic amines) is 1. The van der Waals surface area contributed by atoms with E-state index in [1.165, 1.54) is 0 Å². The molecule has 1 rings (SSSR count). The van der Waals surface area contributed by atoms with E-state index in [4.69, 9.17) is 5.11 Å². The Morgan fingerprint density at radius 2 is 1.94 bits per heavy atom. The van der Waals surface area contributed by atoms with E-state index in [2.05, 4.69) is 13.8 Å². The van der Waals surface area contributed by atoms with Gasteiger partial charge < -0.3 is 14.9 Å². The number of carbonyl (C=O) groups excluding carboxylic acids is 1. The molecule has 0 radical (unpaired) electrons. The molecular formula is C13H24N2O3. The van der Waals surface area contributed by atoms with Gasteiger partial charge in [0.2, 0.25) is 0 Å². The minimum absolute atomic E-state index is 0.0536. The van der Waals surface area contributed by atoms with E-state index in [-0.39, 0.29) is 12.1 Å². The Morgan fingerprint density at radius 3 is 2.44 bits per heavy atom. The summed E-state index contributed by atoms with van der Waals surface area (Å²) in [5.74, 6) is -0.823. The van der Waals surface area contributed by atoms with Gasteiger partial charge in [-0.05, 0) is 25.7 Å². The molecule has 1 aliphatic heterocycles. The van der Waals surface area contributed by atoms with Crippen molar-refractivity contribution in [1.29, 1.82) is 0 Å². The van der Waals surface area contributed by atoms with Crippen LogP contribution in [-0.4, -0.2) is 53.1 Å². The highest BCUT2D eigenvalue weighted by atomic mass is 16.4. The van der Waals surface area contributed by atoms with Crippen molar-refractivity contribution in [3.05, 3.63) is 0 Å². The molecule has 0 bridgehead atoms. The number of carboxylic acids is 1. The molecule has 1 fully saturated rings. The summed E-state index contributed by atoms with van der Waals surface area (Å²) in [7, 11) is 1.79. The lowest BCUT2D eigenvalue weighted by molar-refractivity contribution is -0.143. The van der Waals surface area contributed by atoms with Crippen LogP contribution in [0.1, 0.15) is 33.6 Å². The van der Waals surface area contributed by atoms with Crippen LogP contribution in [0.25, 0.3) is 0 Å². The fourth-order valence-electron chi connectivity index (χ4n) is 2.20. The van der Waals surface area contributed by atoms with Crippen molar-refractivity contribution >= 4 is 12.0 Å². The number of hydrogen-bond donors (Lipinski definition) is 1. The predicted octanol–water partition coefficient (Wildman–Crippen LogP) is 1.88. The van der Waals surface area contributed by atoms with E-state index in [1.54, 1.807) is 16.8 Å². The van der Waals surface area contributed by atoms with Crippen molar-refractivity contribution in [2.45, 2.75) is 39.7 Å². The highest BCUT2D eigenvalue weighted by Gasteiger charge is 2.31. The predicted molar refractivity (Wildman–Crippen MR) is 69.4 cm³/mol. The van der Waals surface area contributed by atoms with Gasteiger partial charge >= 0.3 is 12.0 Å². The monoisotopic (exact) mass is 256 g/mol. The maximum Gasteiger partial charge on any atom is 0.320 e. The maximum absolute atomic E-state index is 12.3. The highest BCUT2D eigenvalue weighted by Crippen LogP contribution is 2.19. The van der Waals surface area contributed by atoms with Crippen LogP contribution in [0.5, 0.6) is 0 Å². The average Bonchev–Trinajstić information content (AvgIpc) is 2.36. The number of carbonyl (C=O) groups is 2. The van der Waals surface area contributed by atoms with E-state index in [1.807, 2.05) is 6.92 Å². The van der Waals surface area contributed by atoms with Crippen LogP contribution in [0, 0.1) is 11.8 Å². The largest absolute Gasteiger partial charge is 0.481 e. The van der Waals surface area contributed by atoms with Crippen molar-refractivity contribution in [2.24, 2.45) is 11.8 Å². The van der Waals surface area contributed by atoms with E-state index < -0.39 is 11.9 Å². The first-order valence-corrected chi connectivity index (χ1v) is 6.59. The molecule has 2 amide bonds. The number of urea groups is 1. The van der Waals surface area contributed by atoms with Crippen LogP contribution in [0.15, 0.2) is 0 Å². The minimum atomic E-state index is -0.799. The van der Waals surface area contributed by atoms with Crippen LogP contribution in [0.4, 0.5) is 4.79 Å². The molecule has 0 aliphatic carbocycles. The topological polar surface area (TPSA) is 60.9 Å². The molecule has 0 aromatic rings. The smallest absolute Gasteiger partial charge is 0.320 e. The van der Waals surface area contributed by atoms with Crippen molar-refractivity contribution in [3.8, 4) is 0 Å². The molecule has 5 nitrogen and oxygen atoms in total. The number of rotatable bonds is 3. The molecule has 1 N–H and O–H groups in total. The maximum atomic E-state index is 12.3. The van der Waals surface area contributed by atoms with Crippen LogP contribution >= 0.6 is 0 Å². The molecule has 1 unspecified atom stereocenters. The number of carboxylic acid groups (broad SMARTS) is 1. The molecule has 18 heavy (non-hydrogen) atoms. The molecule has 2 atom stereocenters. The van der Waals surface area contributed by atoms with Gasteiger partial charge in [0.15, 0.2) is 0 Å². The second kappa shape index (κ2) is 6.07. The average molecular weight is 256 g/mol. The number of amides is 2. The second-order valence-corrected chi connectivity index (χ2v) is 5.50. The summed E-state index contributed by atoms with van der Waals surface area (Å²) < 4.78 is 0. The Balaban J connectivity index is 2.63. The van der Waals surface area contributed by atoms with E-state index in [0.717, 1.165) is 6.42 Å². The molecule has 1 saturated heterocycles. The highest BCUT2D eigenvalue weighted by molar-refractivity contribution is 5.76. The lowest BCUT2D eigenvalue weighted by Crippen LogP contribution is -2.50. The van der Waals surface area contributed by atoms with E-state index >= 15 is 0 Å². The third kappa shape index (κ3) is 3.37. The van der Waals surface area contributed by atoms with Gasteiger partial charge in [0.25, 0.3) is 0 Å². The van der Waals surface area contributed by atoms with Gasteiger partial charge in [0.1, 0.15) is 0 Å². The fraction of sp³-hybridized carbons (Fsp3) is 0.846. The Hall–Kier alpha value is -1.26. The second-order valence-electron chi connectivity index (χ2n) is 5.50. The Labute approximate surface area is 109 Å². The van der Waals surface area contributed by atoms with Gasteiger partial charge in [-0.1, -0.05) is 13.8 Å². The first-order valence-electron chi connectivity index (χ1n) is 6.59. The van der Waals surface area contributed by atoms with Crippen molar-refractivity contribution in [2.75, 3.05) is 20.1 Å². The zero-order valence-corrected chi connectivity index (χ0v) is 11.7. The number of nitrogens with zero attached hydrogens (tertiary/aromatic N) is 2. The SMILES string of the molecule is CC(C)C(C)N(C)C(=O)N1CCC[C@@H](C(=O)O)C1. The van der Waals surface area contributed by atoms with Crippen LogP contribution in [0.2, 0.25) is 0 Å². The van der Waals surface area contributed by atoms with E-state index in [9.17, 15) is 9.59 Å². The van der Waals surface area contributed by atoms with Gasteiger partial charge in [-0.25, -0.2) is 4.79 Å². The van der Waals surface area contributed by atoms with Gasteiger partial charge in [-0.15, -0.1) is 0 Å². The summed E-state index contributed by atoms with van der Waals surface area (Å²) in [6.07, 6.45) is 1.44. The molecule has 0 spiro atoms. The fourth-order valence-corrected chi connectivity index (χ4v) is 2.20. The van der Waals surface area contributed by atoms with Crippen molar-refractivity contribution in [1.82, 2.24) is 9.80 Å². The molecule has 104 valence electrons. The lowest BCUT2D eigenvalue weighted by atomic mass is 9.98. The summed E-state index contributed by atoms with van der Waals surface area (Å²) in [4.78, 5) is 26.6. The molecule has 1 heterocycles. The first kappa shape index (κ1) is 14.8. The summed E-state index contributed by atoms with van der Waals surface area (Å²) >= 11 is 0. The molecular weight excluding hydrogens is 232 g/mol. The standard InChI is InChI=1S/C13H24N2O3/c1-9(2)10(3)14(4)13(18)15-7-5-6-11(8-15)12(16)17/h9-11H,5-8H2,1-4H3,(H,16,17)/t10?,11-/m1/s1. The summed E-state index contributed by atoms with van der Waals surface area (Å²) in [5, 5.41) is 9.02. The van der Waals surface area contributed by atoms with Crippen molar-refractivity contribution in [3.63, 3.8) is 0 Å². The normalized spacial score (nSPS) is 21.8. The number of hydrogen-bond acceptors (Lipinski definition) is 2. The third-order valence-electron chi connectivity index (χ3n) is 3.92. The summed E-state index contributed by atoms with van der Waals surface area (Å²) in [5.41, 5.74) is 0. The lowest BCUT2D eigenvalue weighted by Gasteiger charge is -2.37. The zero-order valence-electron chi connectivity index (χ0n) is 11.7. The molecule has 1 aliphatic rings. The first-order chi connectivity index (χ1) is 8.34. The zero-order chi connectivity index (χ0) is 13.9. The van der Waals surface area contributed by atoms with Gasteiger partial charge in [0, 0.05) is 26.2 Å². The molecule has 0 aromatic heterocycles. The van der Waals surface area contributed by atoms with E-state index in [0.29, 0.717) is 25.4 Å². The van der Waals surface area contributed by atoms with Crippen LogP contribution < -0.4 is 0 Å². The molecule has 0 aromatic carbocycles. The Morgan fingerprint density at radius 1 is 1.33 bits per heavy atom. The van der Waals surface area contributed by atoms with Gasteiger partial charge in [-0.3, -0.25) is 4.79 Å². The van der Waals surface area contributed by atoms with Gasteiger partial charge in [-0.2, -0.15) is 0 Å². The number of piperidine rings is 1. The molecule has 5 heteroatoms. The van der Waals surface area contributed by atoms with Crippen LogP contribution in [-0.2, 0) is 4.79 Å². The summed E-state index contributed by atoms with van der Waals surface area (Å²) in [6.45, 7) is 7.16. The van der Waals surface area contributed by atoms with Crippen molar-refractivity contribution < 1.29 is 14.7 Å². The number of aliphatic carboxylic acids is 1. The quantitative estimate of drug-likeness (QED) is 0.838. The Bertz CT molecular complexity index is 317. The minimum Gasteiger partial charge on any atom is -0.481 e. The summed E-state index contributed by atoms with van der Waals surface area (Å²) in [6, 6.07) is 0.102. The molecule has 0 saturated carbocycles. The van der Waals surface area contributed by atoms with Crippen LogP contribution in [0.3, 0.4) is 0 Å².